The molecule has 2 aliphatic heterocycles. The predicted molar refractivity (Wildman–Crippen MR) is 163 cm³/mol. The number of fused-ring (bicyclic) bond motifs is 1. The highest BCUT2D eigenvalue weighted by Gasteiger charge is 2.24. The number of pyridine rings is 1. The number of sulfone groups is 1. The summed E-state index contributed by atoms with van der Waals surface area (Å²) in [7, 11) is -1.98. The molecule has 2 aromatic heterocycles. The Labute approximate surface area is 253 Å². The van der Waals surface area contributed by atoms with E-state index >= 15 is 0 Å². The molecule has 4 heterocycles. The second-order valence-corrected chi connectivity index (χ2v) is 13.1. The number of aromatic amines is 1. The van der Waals surface area contributed by atoms with Gasteiger partial charge in [-0.3, -0.25) is 9.89 Å². The largest absolute Gasteiger partial charge is 0.381 e. The van der Waals surface area contributed by atoms with Crippen LogP contribution in [-0.2, 0) is 20.3 Å². The molecular formula is C30H33F2N7O4S. The molecule has 0 bridgehead atoms. The number of hydrogen-bond donors (Lipinski definition) is 3. The Morgan fingerprint density at radius 2 is 1.75 bits per heavy atom. The standard InChI is InChI=1S/C30H33F2N7O4S/c1-38-8-10-39(11-9-38)23-2-3-24(26(17-23)33-22-6-12-43-13-7-22)30(40)35-29-28-25(36-37-29)4-5-27(34-28)44(41,42)18-19-14-20(31)16-21(32)15-19/h2-5,14-17,22,33H,6-13,18H2,1H3,(H2,35,36,37,40). The first-order valence-electron chi connectivity index (χ1n) is 14.4. The molecule has 11 nitrogen and oxygen atoms in total. The Hall–Kier alpha value is -4.14. The molecule has 2 fully saturated rings. The van der Waals surface area contributed by atoms with Crippen LogP contribution in [0.3, 0.4) is 0 Å². The van der Waals surface area contributed by atoms with Gasteiger partial charge in [-0.1, -0.05) is 0 Å². The SMILES string of the molecule is CN1CCN(c2ccc(C(=O)Nc3n[nH]c4ccc(S(=O)(=O)Cc5cc(F)cc(F)c5)nc34)c(NC3CCOCC3)c2)CC1. The van der Waals surface area contributed by atoms with Crippen LogP contribution in [0.15, 0.2) is 53.6 Å². The van der Waals surface area contributed by atoms with Crippen molar-refractivity contribution in [3.05, 3.63) is 71.3 Å². The lowest BCUT2D eigenvalue weighted by Crippen LogP contribution is -2.44. The van der Waals surface area contributed by atoms with Crippen LogP contribution < -0.4 is 15.5 Å². The fraction of sp³-hybridized carbons (Fsp3) is 0.367. The maximum atomic E-state index is 13.7. The van der Waals surface area contributed by atoms with Gasteiger partial charge in [0.15, 0.2) is 20.7 Å². The van der Waals surface area contributed by atoms with Crippen molar-refractivity contribution in [3.8, 4) is 0 Å². The Morgan fingerprint density at radius 1 is 1.02 bits per heavy atom. The topological polar surface area (TPSA) is 133 Å². The van der Waals surface area contributed by atoms with Crippen LogP contribution in [0.1, 0.15) is 28.8 Å². The molecular weight excluding hydrogens is 592 g/mol. The van der Waals surface area contributed by atoms with Gasteiger partial charge in [-0.2, -0.15) is 5.10 Å². The monoisotopic (exact) mass is 625 g/mol. The van der Waals surface area contributed by atoms with E-state index in [-0.39, 0.29) is 28.0 Å². The Morgan fingerprint density at radius 3 is 2.48 bits per heavy atom. The van der Waals surface area contributed by atoms with Crippen molar-refractivity contribution in [2.45, 2.75) is 29.7 Å². The van der Waals surface area contributed by atoms with Crippen LogP contribution in [0, 0.1) is 11.6 Å². The first-order chi connectivity index (χ1) is 21.1. The van der Waals surface area contributed by atoms with Gasteiger partial charge in [-0.05, 0) is 67.9 Å². The molecule has 232 valence electrons. The minimum Gasteiger partial charge on any atom is -0.381 e. The van der Waals surface area contributed by atoms with Crippen molar-refractivity contribution in [2.75, 3.05) is 62.0 Å². The number of nitrogens with zero attached hydrogens (tertiary/aromatic N) is 4. The smallest absolute Gasteiger partial charge is 0.259 e. The summed E-state index contributed by atoms with van der Waals surface area (Å²) in [4.78, 5) is 22.5. The lowest BCUT2D eigenvalue weighted by molar-refractivity contribution is 0.0904. The third kappa shape index (κ3) is 6.66. The average molecular weight is 626 g/mol. The zero-order valence-corrected chi connectivity index (χ0v) is 25.0. The van der Waals surface area contributed by atoms with Gasteiger partial charge >= 0.3 is 0 Å². The summed E-state index contributed by atoms with van der Waals surface area (Å²) in [6.45, 7) is 4.93. The summed E-state index contributed by atoms with van der Waals surface area (Å²) < 4.78 is 59.0. The molecule has 2 saturated heterocycles. The van der Waals surface area contributed by atoms with Gasteiger partial charge in [0, 0.05) is 62.9 Å². The van der Waals surface area contributed by atoms with E-state index in [1.165, 1.54) is 12.1 Å². The molecule has 2 aliphatic rings. The van der Waals surface area contributed by atoms with Crippen LogP contribution in [0.5, 0.6) is 0 Å². The molecule has 0 spiro atoms. The number of aromatic nitrogens is 3. The fourth-order valence-corrected chi connectivity index (χ4v) is 6.74. The molecule has 14 heteroatoms. The molecule has 6 rings (SSSR count). The first-order valence-corrected chi connectivity index (χ1v) is 16.1. The molecule has 2 aromatic carbocycles. The van der Waals surface area contributed by atoms with E-state index in [4.69, 9.17) is 4.74 Å². The second kappa shape index (κ2) is 12.5. The minimum absolute atomic E-state index is 0.0466. The minimum atomic E-state index is -4.08. The molecule has 0 aliphatic carbocycles. The van der Waals surface area contributed by atoms with Crippen molar-refractivity contribution >= 4 is 44.0 Å². The number of benzene rings is 2. The summed E-state index contributed by atoms with van der Waals surface area (Å²) in [5, 5.41) is 12.9. The van der Waals surface area contributed by atoms with Gasteiger partial charge in [0.05, 0.1) is 16.8 Å². The van der Waals surface area contributed by atoms with E-state index in [1.54, 1.807) is 6.07 Å². The molecule has 0 atom stereocenters. The molecule has 0 unspecified atom stereocenters. The summed E-state index contributed by atoms with van der Waals surface area (Å²) in [6, 6.07) is 11.2. The third-order valence-electron chi connectivity index (χ3n) is 7.91. The van der Waals surface area contributed by atoms with Gasteiger partial charge < -0.3 is 25.2 Å². The van der Waals surface area contributed by atoms with Gasteiger partial charge in [0.1, 0.15) is 17.2 Å². The van der Waals surface area contributed by atoms with Crippen LogP contribution in [0.25, 0.3) is 11.0 Å². The highest BCUT2D eigenvalue weighted by atomic mass is 32.2. The van der Waals surface area contributed by atoms with Crippen LogP contribution in [-0.4, -0.2) is 86.9 Å². The van der Waals surface area contributed by atoms with Crippen molar-refractivity contribution in [1.29, 1.82) is 0 Å². The normalized spacial score (nSPS) is 16.8. The van der Waals surface area contributed by atoms with Gasteiger partial charge in [-0.25, -0.2) is 22.2 Å². The predicted octanol–water partition coefficient (Wildman–Crippen LogP) is 3.81. The van der Waals surface area contributed by atoms with E-state index in [1.807, 2.05) is 12.1 Å². The molecule has 4 aromatic rings. The van der Waals surface area contributed by atoms with Crippen molar-refractivity contribution in [3.63, 3.8) is 0 Å². The number of piperazine rings is 1. The Balaban J connectivity index is 1.27. The highest BCUT2D eigenvalue weighted by Crippen LogP contribution is 2.29. The lowest BCUT2D eigenvalue weighted by Gasteiger charge is -2.34. The number of hydrogen-bond acceptors (Lipinski definition) is 9. The van der Waals surface area contributed by atoms with Crippen LogP contribution >= 0.6 is 0 Å². The van der Waals surface area contributed by atoms with E-state index in [2.05, 4.69) is 42.7 Å². The van der Waals surface area contributed by atoms with Crippen molar-refractivity contribution in [2.24, 2.45) is 0 Å². The average Bonchev–Trinajstić information content (AvgIpc) is 3.39. The van der Waals surface area contributed by atoms with E-state index < -0.39 is 33.1 Å². The van der Waals surface area contributed by atoms with Crippen molar-refractivity contribution in [1.82, 2.24) is 20.1 Å². The number of carbonyl (C=O) groups excluding carboxylic acids is 1. The number of amides is 1. The molecule has 44 heavy (non-hydrogen) atoms. The summed E-state index contributed by atoms with van der Waals surface area (Å²) in [5.41, 5.74) is 2.60. The van der Waals surface area contributed by atoms with E-state index in [9.17, 15) is 22.0 Å². The van der Waals surface area contributed by atoms with Crippen LogP contribution in [0.4, 0.5) is 26.0 Å². The maximum Gasteiger partial charge on any atom is 0.259 e. The summed E-state index contributed by atoms with van der Waals surface area (Å²) in [5.74, 6) is -2.79. The quantitative estimate of drug-likeness (QED) is 0.268. The maximum absolute atomic E-state index is 13.7. The number of H-pyrrole nitrogens is 1. The Bertz CT molecular complexity index is 1770. The van der Waals surface area contributed by atoms with Gasteiger partial charge in [0.2, 0.25) is 0 Å². The first kappa shape index (κ1) is 29.9. The Kier molecular flexibility index (Phi) is 8.47. The number of rotatable bonds is 8. The second-order valence-electron chi connectivity index (χ2n) is 11.2. The third-order valence-corrected chi connectivity index (χ3v) is 9.49. The number of halogens is 2. The van der Waals surface area contributed by atoms with E-state index in [0.717, 1.165) is 56.8 Å². The summed E-state index contributed by atoms with van der Waals surface area (Å²) in [6.07, 6.45) is 1.63. The molecule has 0 saturated carbocycles. The lowest BCUT2D eigenvalue weighted by atomic mass is 10.1. The zero-order chi connectivity index (χ0) is 30.8. The van der Waals surface area contributed by atoms with Gasteiger partial charge in [0.25, 0.3) is 5.91 Å². The number of anilines is 3. The molecule has 3 N–H and O–H groups in total. The van der Waals surface area contributed by atoms with Crippen LogP contribution in [0.2, 0.25) is 0 Å². The van der Waals surface area contributed by atoms with Gasteiger partial charge in [-0.15, -0.1) is 0 Å². The zero-order valence-electron chi connectivity index (χ0n) is 24.1. The van der Waals surface area contributed by atoms with Crippen molar-refractivity contribution < 1.29 is 26.7 Å². The fourth-order valence-electron chi connectivity index (χ4n) is 5.48. The molecule has 1 amide bonds. The van der Waals surface area contributed by atoms with E-state index in [0.29, 0.717) is 36.0 Å². The highest BCUT2D eigenvalue weighted by molar-refractivity contribution is 7.90. The summed E-state index contributed by atoms with van der Waals surface area (Å²) >= 11 is 0. The number of ether oxygens (including phenoxy) is 1. The number of carbonyl (C=O) groups is 1. The number of likely N-dealkylation sites (N-methyl/N-ethyl adjacent to an activating group) is 1. The number of nitrogens with one attached hydrogen (secondary N) is 3. The molecule has 0 radical (unpaired) electrons.